The maximum atomic E-state index is 13.6. The molecule has 4 heteroatoms. The molecule has 2 rings (SSSR count). The van der Waals surface area contributed by atoms with Gasteiger partial charge in [0.2, 0.25) is 0 Å². The largest absolute Gasteiger partial charge is 0.491 e. The summed E-state index contributed by atoms with van der Waals surface area (Å²) in [5.74, 6) is 0.748. The van der Waals surface area contributed by atoms with Gasteiger partial charge in [-0.1, -0.05) is 0 Å². The van der Waals surface area contributed by atoms with Crippen molar-refractivity contribution in [1.82, 2.24) is 5.32 Å². The standard InChI is InChI=1S/C14H20FNO2/c1-17-5-6-18-14-8-12(7-13(15)9-14)11-3-2-4-16-10-11/h7-9,11,16H,2-6,10H2,1H3. The molecule has 1 unspecified atom stereocenters. The van der Waals surface area contributed by atoms with Crippen LogP contribution in [0, 0.1) is 5.82 Å². The minimum absolute atomic E-state index is 0.231. The van der Waals surface area contributed by atoms with Crippen LogP contribution in [0.25, 0.3) is 0 Å². The summed E-state index contributed by atoms with van der Waals surface area (Å²) in [6.45, 7) is 2.93. The Balaban J connectivity index is 2.05. The Labute approximate surface area is 107 Å². The number of hydrogen-bond acceptors (Lipinski definition) is 3. The van der Waals surface area contributed by atoms with Crippen molar-refractivity contribution >= 4 is 0 Å². The fraction of sp³-hybridized carbons (Fsp3) is 0.571. The summed E-state index contributed by atoms with van der Waals surface area (Å²) in [5, 5.41) is 3.34. The Morgan fingerprint density at radius 3 is 2.94 bits per heavy atom. The second-order valence-electron chi connectivity index (χ2n) is 4.60. The third-order valence-electron chi connectivity index (χ3n) is 3.22. The summed E-state index contributed by atoms with van der Waals surface area (Å²) >= 11 is 0. The van der Waals surface area contributed by atoms with Crippen molar-refractivity contribution in [2.24, 2.45) is 0 Å². The van der Waals surface area contributed by atoms with E-state index in [4.69, 9.17) is 9.47 Å². The molecule has 1 aromatic rings. The minimum atomic E-state index is -0.231. The first-order valence-corrected chi connectivity index (χ1v) is 6.42. The number of halogens is 1. The molecule has 0 amide bonds. The van der Waals surface area contributed by atoms with Crippen LogP contribution in [0.15, 0.2) is 18.2 Å². The third-order valence-corrected chi connectivity index (χ3v) is 3.22. The van der Waals surface area contributed by atoms with Crippen LogP contribution in [-0.2, 0) is 4.74 Å². The van der Waals surface area contributed by atoms with Gasteiger partial charge >= 0.3 is 0 Å². The van der Waals surface area contributed by atoms with E-state index in [-0.39, 0.29) is 5.82 Å². The van der Waals surface area contributed by atoms with Crippen molar-refractivity contribution in [3.8, 4) is 5.75 Å². The second kappa shape index (κ2) is 6.71. The van der Waals surface area contributed by atoms with E-state index in [0.29, 0.717) is 24.9 Å². The van der Waals surface area contributed by atoms with Crippen LogP contribution in [0.1, 0.15) is 24.3 Å². The molecule has 1 heterocycles. The molecule has 0 bridgehead atoms. The van der Waals surface area contributed by atoms with Crippen molar-refractivity contribution in [3.05, 3.63) is 29.6 Å². The zero-order valence-electron chi connectivity index (χ0n) is 10.7. The number of nitrogens with one attached hydrogen (secondary N) is 1. The van der Waals surface area contributed by atoms with Gasteiger partial charge in [-0.15, -0.1) is 0 Å². The quantitative estimate of drug-likeness (QED) is 0.817. The van der Waals surface area contributed by atoms with Crippen LogP contribution in [-0.4, -0.2) is 33.4 Å². The molecule has 1 saturated heterocycles. The molecular weight excluding hydrogens is 233 g/mol. The lowest BCUT2D eigenvalue weighted by atomic mass is 9.91. The van der Waals surface area contributed by atoms with E-state index >= 15 is 0 Å². The predicted octanol–water partition coefficient (Wildman–Crippen LogP) is 2.32. The molecule has 1 aromatic carbocycles. The summed E-state index contributed by atoms with van der Waals surface area (Å²) in [6, 6.07) is 4.98. The van der Waals surface area contributed by atoms with Gasteiger partial charge < -0.3 is 14.8 Å². The van der Waals surface area contributed by atoms with Crippen LogP contribution in [0.5, 0.6) is 5.75 Å². The van der Waals surface area contributed by atoms with Crippen molar-refractivity contribution in [2.75, 3.05) is 33.4 Å². The first kappa shape index (κ1) is 13.3. The lowest BCUT2D eigenvalue weighted by molar-refractivity contribution is 0.146. The molecule has 0 aromatic heterocycles. The maximum absolute atomic E-state index is 13.6. The number of benzene rings is 1. The van der Waals surface area contributed by atoms with E-state index < -0.39 is 0 Å². The Hall–Kier alpha value is -1.13. The molecule has 1 aliphatic heterocycles. The van der Waals surface area contributed by atoms with Crippen molar-refractivity contribution in [2.45, 2.75) is 18.8 Å². The van der Waals surface area contributed by atoms with Gasteiger partial charge in [-0.05, 0) is 43.0 Å². The summed E-state index contributed by atoms with van der Waals surface area (Å²) in [6.07, 6.45) is 2.25. The van der Waals surface area contributed by atoms with E-state index in [1.54, 1.807) is 13.2 Å². The Bertz CT molecular complexity index is 378. The second-order valence-corrected chi connectivity index (χ2v) is 4.60. The SMILES string of the molecule is COCCOc1cc(F)cc(C2CCCNC2)c1. The number of ether oxygens (including phenoxy) is 2. The molecule has 1 fully saturated rings. The smallest absolute Gasteiger partial charge is 0.127 e. The van der Waals surface area contributed by atoms with Gasteiger partial charge in [-0.3, -0.25) is 0 Å². The molecule has 1 N–H and O–H groups in total. The Morgan fingerprint density at radius 1 is 1.33 bits per heavy atom. The first-order chi connectivity index (χ1) is 8.79. The molecule has 3 nitrogen and oxygen atoms in total. The lowest BCUT2D eigenvalue weighted by Crippen LogP contribution is -2.28. The van der Waals surface area contributed by atoms with Crippen molar-refractivity contribution in [3.63, 3.8) is 0 Å². The van der Waals surface area contributed by atoms with E-state index in [2.05, 4.69) is 5.32 Å². The van der Waals surface area contributed by atoms with E-state index in [1.807, 2.05) is 6.07 Å². The van der Waals surface area contributed by atoms with Crippen LogP contribution in [0.4, 0.5) is 4.39 Å². The monoisotopic (exact) mass is 253 g/mol. The Kier molecular flexibility index (Phi) is 4.96. The predicted molar refractivity (Wildman–Crippen MR) is 68.6 cm³/mol. The van der Waals surface area contributed by atoms with Crippen LogP contribution < -0.4 is 10.1 Å². The summed E-state index contributed by atoms with van der Waals surface area (Å²) in [7, 11) is 1.62. The van der Waals surface area contributed by atoms with Gasteiger partial charge in [0.1, 0.15) is 18.2 Å². The van der Waals surface area contributed by atoms with Crippen LogP contribution in [0.2, 0.25) is 0 Å². The van der Waals surface area contributed by atoms with Gasteiger partial charge in [0.15, 0.2) is 0 Å². The molecule has 18 heavy (non-hydrogen) atoms. The van der Waals surface area contributed by atoms with Crippen molar-refractivity contribution < 1.29 is 13.9 Å². The van der Waals surface area contributed by atoms with Gasteiger partial charge in [0.25, 0.3) is 0 Å². The zero-order valence-corrected chi connectivity index (χ0v) is 10.7. The molecule has 0 radical (unpaired) electrons. The highest BCUT2D eigenvalue weighted by Crippen LogP contribution is 2.27. The number of methoxy groups -OCH3 is 1. The molecule has 1 atom stereocenters. The minimum Gasteiger partial charge on any atom is -0.491 e. The molecule has 0 saturated carbocycles. The Morgan fingerprint density at radius 2 is 2.22 bits per heavy atom. The number of rotatable bonds is 5. The normalized spacial score (nSPS) is 19.8. The third kappa shape index (κ3) is 3.68. The summed E-state index contributed by atoms with van der Waals surface area (Å²) in [4.78, 5) is 0. The van der Waals surface area contributed by atoms with E-state index in [1.165, 1.54) is 6.07 Å². The van der Waals surface area contributed by atoms with Crippen LogP contribution in [0.3, 0.4) is 0 Å². The highest BCUT2D eigenvalue weighted by Gasteiger charge is 2.16. The molecule has 0 spiro atoms. The fourth-order valence-electron chi connectivity index (χ4n) is 2.28. The summed E-state index contributed by atoms with van der Waals surface area (Å²) < 4.78 is 23.9. The average molecular weight is 253 g/mol. The highest BCUT2D eigenvalue weighted by molar-refractivity contribution is 5.32. The molecule has 0 aliphatic carbocycles. The number of hydrogen-bond donors (Lipinski definition) is 1. The maximum Gasteiger partial charge on any atom is 0.127 e. The molecular formula is C14H20FNO2. The van der Waals surface area contributed by atoms with Gasteiger partial charge in [0.05, 0.1) is 6.61 Å². The molecule has 100 valence electrons. The topological polar surface area (TPSA) is 30.5 Å². The van der Waals surface area contributed by atoms with Crippen LogP contribution >= 0.6 is 0 Å². The van der Waals surface area contributed by atoms with Crippen molar-refractivity contribution in [1.29, 1.82) is 0 Å². The zero-order chi connectivity index (χ0) is 12.8. The summed E-state index contributed by atoms with van der Waals surface area (Å²) in [5.41, 5.74) is 1.02. The van der Waals surface area contributed by atoms with E-state index in [9.17, 15) is 4.39 Å². The fourth-order valence-corrected chi connectivity index (χ4v) is 2.28. The number of piperidine rings is 1. The first-order valence-electron chi connectivity index (χ1n) is 6.42. The van der Waals surface area contributed by atoms with E-state index in [0.717, 1.165) is 31.5 Å². The average Bonchev–Trinajstić information content (AvgIpc) is 2.39. The van der Waals surface area contributed by atoms with Gasteiger partial charge in [-0.25, -0.2) is 4.39 Å². The van der Waals surface area contributed by atoms with Gasteiger partial charge in [-0.2, -0.15) is 0 Å². The highest BCUT2D eigenvalue weighted by atomic mass is 19.1. The lowest BCUT2D eigenvalue weighted by Gasteiger charge is -2.23. The molecule has 1 aliphatic rings. The van der Waals surface area contributed by atoms with Gasteiger partial charge in [0, 0.05) is 19.7 Å².